The third kappa shape index (κ3) is 3.41. The molecule has 0 aromatic heterocycles. The standard InChI is InChI=1S/C14H16ClFN2O3S3/c15-10-2-1-3-12(13(10)16)24(20,21)18-9-23-8-11(18)14(19)17-4-6-22-7-5-17/h1-3,11H,4-9H2/t11-/m0/s1. The zero-order valence-corrected chi connectivity index (χ0v) is 15.9. The van der Waals surface area contributed by atoms with Crippen molar-refractivity contribution < 1.29 is 17.6 Å². The Balaban J connectivity index is 1.89. The molecule has 3 rings (SSSR count). The van der Waals surface area contributed by atoms with E-state index in [2.05, 4.69) is 0 Å². The number of sulfonamides is 1. The Bertz CT molecular complexity index is 741. The van der Waals surface area contributed by atoms with Crippen molar-refractivity contribution in [2.75, 3.05) is 36.2 Å². The van der Waals surface area contributed by atoms with Crippen LogP contribution in [0.1, 0.15) is 0 Å². The summed E-state index contributed by atoms with van der Waals surface area (Å²) in [5.41, 5.74) is 0. The second-order valence-corrected chi connectivity index (χ2v) is 9.89. The number of halogens is 2. The topological polar surface area (TPSA) is 57.7 Å². The van der Waals surface area contributed by atoms with E-state index in [1.807, 2.05) is 0 Å². The van der Waals surface area contributed by atoms with E-state index in [1.165, 1.54) is 30.0 Å². The molecule has 2 fully saturated rings. The van der Waals surface area contributed by atoms with Crippen LogP contribution in [0, 0.1) is 5.82 Å². The van der Waals surface area contributed by atoms with Gasteiger partial charge in [-0.2, -0.15) is 16.1 Å². The van der Waals surface area contributed by atoms with Crippen molar-refractivity contribution in [2.24, 2.45) is 0 Å². The van der Waals surface area contributed by atoms with Crippen LogP contribution < -0.4 is 0 Å². The molecule has 0 saturated carbocycles. The minimum absolute atomic E-state index is 0.132. The molecule has 1 aromatic carbocycles. The van der Waals surface area contributed by atoms with Gasteiger partial charge in [-0.05, 0) is 12.1 Å². The van der Waals surface area contributed by atoms with Gasteiger partial charge in [0.25, 0.3) is 0 Å². The summed E-state index contributed by atoms with van der Waals surface area (Å²) in [7, 11) is -4.12. The van der Waals surface area contributed by atoms with Crippen LogP contribution in [-0.2, 0) is 14.8 Å². The van der Waals surface area contributed by atoms with Gasteiger partial charge in [-0.1, -0.05) is 17.7 Å². The van der Waals surface area contributed by atoms with Crippen LogP contribution in [0.2, 0.25) is 5.02 Å². The zero-order chi connectivity index (χ0) is 17.3. The Morgan fingerprint density at radius 3 is 2.67 bits per heavy atom. The largest absolute Gasteiger partial charge is 0.340 e. The number of amides is 1. The number of nitrogens with zero attached hydrogens (tertiary/aromatic N) is 2. The fourth-order valence-corrected chi connectivity index (χ4v) is 7.02. The molecule has 2 aliphatic heterocycles. The molecule has 0 bridgehead atoms. The van der Waals surface area contributed by atoms with E-state index >= 15 is 0 Å². The lowest BCUT2D eigenvalue weighted by atomic mass is 10.3. The Morgan fingerprint density at radius 2 is 1.96 bits per heavy atom. The minimum Gasteiger partial charge on any atom is -0.340 e. The molecular formula is C14H16ClFN2O3S3. The van der Waals surface area contributed by atoms with Crippen molar-refractivity contribution >= 4 is 51.1 Å². The summed E-state index contributed by atoms with van der Waals surface area (Å²) in [6, 6.07) is 3.07. The van der Waals surface area contributed by atoms with Crippen LogP contribution in [0.25, 0.3) is 0 Å². The maximum atomic E-state index is 14.2. The van der Waals surface area contributed by atoms with Crippen LogP contribution in [0.3, 0.4) is 0 Å². The highest BCUT2D eigenvalue weighted by atomic mass is 35.5. The number of carbonyl (C=O) groups excluding carboxylic acids is 1. The first kappa shape index (κ1) is 18.3. The maximum absolute atomic E-state index is 14.2. The Morgan fingerprint density at radius 1 is 1.25 bits per heavy atom. The molecule has 132 valence electrons. The number of hydrogen-bond donors (Lipinski definition) is 0. The van der Waals surface area contributed by atoms with E-state index < -0.39 is 26.8 Å². The summed E-state index contributed by atoms with van der Waals surface area (Å²) in [5, 5.41) is -0.251. The van der Waals surface area contributed by atoms with Gasteiger partial charge in [-0.25, -0.2) is 12.8 Å². The molecule has 24 heavy (non-hydrogen) atoms. The summed E-state index contributed by atoms with van der Waals surface area (Å²) in [5.74, 6) is 1.03. The van der Waals surface area contributed by atoms with Gasteiger partial charge < -0.3 is 4.90 Å². The van der Waals surface area contributed by atoms with E-state index in [4.69, 9.17) is 11.6 Å². The molecular weight excluding hydrogens is 395 g/mol. The summed E-state index contributed by atoms with van der Waals surface area (Å²) in [6.45, 7) is 1.23. The Kier molecular flexibility index (Phi) is 5.65. The summed E-state index contributed by atoms with van der Waals surface area (Å²) in [6.07, 6.45) is 0. The number of benzene rings is 1. The molecule has 0 radical (unpaired) electrons. The zero-order valence-electron chi connectivity index (χ0n) is 12.7. The molecule has 0 N–H and O–H groups in total. The summed E-state index contributed by atoms with van der Waals surface area (Å²) >= 11 is 8.83. The molecule has 2 aliphatic rings. The van der Waals surface area contributed by atoms with Crippen LogP contribution in [0.5, 0.6) is 0 Å². The lowest BCUT2D eigenvalue weighted by Crippen LogP contribution is -2.51. The van der Waals surface area contributed by atoms with Crippen LogP contribution in [0.4, 0.5) is 4.39 Å². The molecule has 0 unspecified atom stereocenters. The van der Waals surface area contributed by atoms with Gasteiger partial charge in [-0.3, -0.25) is 4.79 Å². The maximum Gasteiger partial charge on any atom is 0.247 e. The van der Waals surface area contributed by atoms with E-state index in [9.17, 15) is 17.6 Å². The van der Waals surface area contributed by atoms with Crippen molar-refractivity contribution in [3.05, 3.63) is 29.0 Å². The van der Waals surface area contributed by atoms with Crippen molar-refractivity contribution in [1.82, 2.24) is 9.21 Å². The highest BCUT2D eigenvalue weighted by Gasteiger charge is 2.42. The van der Waals surface area contributed by atoms with E-state index in [1.54, 1.807) is 16.7 Å². The van der Waals surface area contributed by atoms with E-state index in [0.29, 0.717) is 18.8 Å². The van der Waals surface area contributed by atoms with Crippen LogP contribution in [-0.4, -0.2) is 65.8 Å². The van der Waals surface area contributed by atoms with Crippen molar-refractivity contribution in [2.45, 2.75) is 10.9 Å². The number of hydrogen-bond acceptors (Lipinski definition) is 5. The first-order valence-corrected chi connectivity index (χ1v) is 11.5. The summed E-state index contributed by atoms with van der Waals surface area (Å²) < 4.78 is 41.0. The lowest BCUT2D eigenvalue weighted by molar-refractivity contribution is -0.133. The molecule has 5 nitrogen and oxygen atoms in total. The molecule has 0 aliphatic carbocycles. The second kappa shape index (κ2) is 7.41. The quantitative estimate of drug-likeness (QED) is 0.763. The minimum atomic E-state index is -4.12. The Hall–Kier alpha value is -0.480. The third-order valence-electron chi connectivity index (χ3n) is 3.95. The first-order chi connectivity index (χ1) is 11.4. The van der Waals surface area contributed by atoms with Crippen LogP contribution in [0.15, 0.2) is 23.1 Å². The van der Waals surface area contributed by atoms with Crippen molar-refractivity contribution in [1.29, 1.82) is 0 Å². The smallest absolute Gasteiger partial charge is 0.247 e. The van der Waals surface area contributed by atoms with Crippen molar-refractivity contribution in [3.63, 3.8) is 0 Å². The Labute approximate surface area is 153 Å². The molecule has 2 heterocycles. The monoisotopic (exact) mass is 410 g/mol. The molecule has 2 saturated heterocycles. The van der Waals surface area contributed by atoms with Gasteiger partial charge in [0, 0.05) is 30.3 Å². The fraction of sp³-hybridized carbons (Fsp3) is 0.500. The van der Waals surface area contributed by atoms with E-state index in [-0.39, 0.29) is 16.8 Å². The normalized spacial score (nSPS) is 22.8. The highest BCUT2D eigenvalue weighted by Crippen LogP contribution is 2.32. The number of rotatable bonds is 3. The van der Waals surface area contributed by atoms with Gasteiger partial charge in [0.2, 0.25) is 15.9 Å². The molecule has 1 amide bonds. The molecule has 1 aromatic rings. The van der Waals surface area contributed by atoms with Gasteiger partial charge >= 0.3 is 0 Å². The third-order valence-corrected chi connectivity index (χ3v) is 8.23. The van der Waals surface area contributed by atoms with Crippen molar-refractivity contribution in [3.8, 4) is 0 Å². The number of carbonyl (C=O) groups is 1. The predicted octanol–water partition coefficient (Wildman–Crippen LogP) is 2.12. The average molecular weight is 411 g/mol. The lowest BCUT2D eigenvalue weighted by Gasteiger charge is -2.31. The second-order valence-electron chi connectivity index (χ2n) is 5.40. The molecule has 10 heteroatoms. The average Bonchev–Trinajstić information content (AvgIpc) is 3.08. The highest BCUT2D eigenvalue weighted by molar-refractivity contribution is 8.00. The van der Waals surface area contributed by atoms with E-state index in [0.717, 1.165) is 15.8 Å². The van der Waals surface area contributed by atoms with Gasteiger partial charge in [0.05, 0.1) is 10.9 Å². The predicted molar refractivity (Wildman–Crippen MR) is 95.5 cm³/mol. The van der Waals surface area contributed by atoms with Gasteiger partial charge in [-0.15, -0.1) is 11.8 Å². The number of thioether (sulfide) groups is 2. The molecule has 0 spiro atoms. The first-order valence-electron chi connectivity index (χ1n) is 7.33. The van der Waals surface area contributed by atoms with Gasteiger partial charge in [0.1, 0.15) is 10.9 Å². The summed E-state index contributed by atoms with van der Waals surface area (Å²) in [4.78, 5) is 13.9. The van der Waals surface area contributed by atoms with Crippen LogP contribution >= 0.6 is 35.1 Å². The SMILES string of the molecule is O=C([C@@H]1CSCN1S(=O)(=O)c1cccc(Cl)c1F)N1CCSCC1. The molecule has 1 atom stereocenters. The van der Waals surface area contributed by atoms with Gasteiger partial charge in [0.15, 0.2) is 5.82 Å². The fourth-order valence-electron chi connectivity index (χ4n) is 2.66.